The fourth-order valence-electron chi connectivity index (χ4n) is 0.894. The number of aromatic nitrogens is 1. The standard InChI is InChI=1S/C7H7BrF2N2O/c1-13-7-5(6(9)10)3(11)2-4(8)12-7/h2,6H,1H3,(H2,11,12). The van der Waals surface area contributed by atoms with Gasteiger partial charge < -0.3 is 10.5 Å². The van der Waals surface area contributed by atoms with E-state index in [0.717, 1.165) is 0 Å². The van der Waals surface area contributed by atoms with Crippen molar-refractivity contribution in [3.63, 3.8) is 0 Å². The molecular weight excluding hydrogens is 246 g/mol. The number of pyridine rings is 1. The Kier molecular flexibility index (Phi) is 3.02. The van der Waals surface area contributed by atoms with Gasteiger partial charge in [-0.2, -0.15) is 0 Å². The number of rotatable bonds is 2. The van der Waals surface area contributed by atoms with Crippen LogP contribution in [-0.2, 0) is 0 Å². The Labute approximate surface area is 82.0 Å². The van der Waals surface area contributed by atoms with E-state index < -0.39 is 6.43 Å². The highest BCUT2D eigenvalue weighted by atomic mass is 79.9. The first kappa shape index (κ1) is 10.2. The van der Waals surface area contributed by atoms with E-state index in [0.29, 0.717) is 4.60 Å². The fraction of sp³-hybridized carbons (Fsp3) is 0.286. The van der Waals surface area contributed by atoms with Gasteiger partial charge in [0.1, 0.15) is 10.2 Å². The molecule has 0 aliphatic heterocycles. The molecule has 3 nitrogen and oxygen atoms in total. The topological polar surface area (TPSA) is 48.1 Å². The molecule has 0 radical (unpaired) electrons. The second-order valence-corrected chi connectivity index (χ2v) is 3.07. The summed E-state index contributed by atoms with van der Waals surface area (Å²) in [5.74, 6) is -0.151. The van der Waals surface area contributed by atoms with Crippen LogP contribution in [0, 0.1) is 0 Å². The lowest BCUT2D eigenvalue weighted by Gasteiger charge is -2.09. The Morgan fingerprint density at radius 2 is 2.23 bits per heavy atom. The third kappa shape index (κ3) is 2.06. The number of methoxy groups -OCH3 is 1. The van der Waals surface area contributed by atoms with Gasteiger partial charge in [0.2, 0.25) is 5.88 Å². The van der Waals surface area contributed by atoms with Gasteiger partial charge in [0, 0.05) is 5.69 Å². The molecule has 0 aliphatic carbocycles. The molecule has 0 aliphatic rings. The second kappa shape index (κ2) is 3.87. The first-order valence-electron chi connectivity index (χ1n) is 3.34. The molecule has 0 amide bonds. The largest absolute Gasteiger partial charge is 0.481 e. The summed E-state index contributed by atoms with van der Waals surface area (Å²) in [6, 6.07) is 1.31. The number of hydrogen-bond acceptors (Lipinski definition) is 3. The van der Waals surface area contributed by atoms with Gasteiger partial charge in [-0.05, 0) is 22.0 Å². The molecule has 1 rings (SSSR count). The molecule has 0 unspecified atom stereocenters. The minimum Gasteiger partial charge on any atom is -0.481 e. The average Bonchev–Trinajstić information content (AvgIpc) is 2.01. The van der Waals surface area contributed by atoms with E-state index in [1.165, 1.54) is 13.2 Å². The van der Waals surface area contributed by atoms with E-state index >= 15 is 0 Å². The van der Waals surface area contributed by atoms with Gasteiger partial charge in [0.15, 0.2) is 0 Å². The lowest BCUT2D eigenvalue weighted by Crippen LogP contribution is -2.01. The maximum atomic E-state index is 12.4. The van der Waals surface area contributed by atoms with Gasteiger partial charge in [-0.3, -0.25) is 0 Å². The number of alkyl halides is 2. The van der Waals surface area contributed by atoms with Crippen LogP contribution in [0.1, 0.15) is 12.0 Å². The molecule has 72 valence electrons. The summed E-state index contributed by atoms with van der Waals surface area (Å²) in [7, 11) is 1.26. The van der Waals surface area contributed by atoms with Crippen molar-refractivity contribution in [2.75, 3.05) is 12.8 Å². The zero-order valence-corrected chi connectivity index (χ0v) is 8.31. The Morgan fingerprint density at radius 1 is 1.62 bits per heavy atom. The average molecular weight is 253 g/mol. The van der Waals surface area contributed by atoms with Gasteiger partial charge in [-0.1, -0.05) is 0 Å². The maximum absolute atomic E-state index is 12.4. The zero-order valence-electron chi connectivity index (χ0n) is 6.72. The molecule has 0 atom stereocenters. The number of ether oxygens (including phenoxy) is 1. The molecule has 0 saturated carbocycles. The SMILES string of the molecule is COc1nc(Br)cc(N)c1C(F)F. The Balaban J connectivity index is 3.30. The van der Waals surface area contributed by atoms with Crippen LogP contribution in [0.15, 0.2) is 10.7 Å². The van der Waals surface area contributed by atoms with Crippen molar-refractivity contribution in [3.05, 3.63) is 16.2 Å². The smallest absolute Gasteiger partial charge is 0.271 e. The van der Waals surface area contributed by atoms with Crippen molar-refractivity contribution in [3.8, 4) is 5.88 Å². The van der Waals surface area contributed by atoms with Gasteiger partial charge in [0.05, 0.1) is 7.11 Å². The summed E-state index contributed by atoms with van der Waals surface area (Å²) >= 11 is 3.02. The predicted molar refractivity (Wildman–Crippen MR) is 47.9 cm³/mol. The minimum absolute atomic E-state index is 0.0336. The van der Waals surface area contributed by atoms with E-state index in [4.69, 9.17) is 5.73 Å². The van der Waals surface area contributed by atoms with Gasteiger partial charge in [0.25, 0.3) is 6.43 Å². The molecule has 1 heterocycles. The first-order valence-corrected chi connectivity index (χ1v) is 4.13. The van der Waals surface area contributed by atoms with Crippen molar-refractivity contribution in [2.45, 2.75) is 6.43 Å². The van der Waals surface area contributed by atoms with Crippen LogP contribution < -0.4 is 10.5 Å². The Hall–Kier alpha value is -0.910. The molecule has 0 fully saturated rings. The van der Waals surface area contributed by atoms with E-state index in [9.17, 15) is 8.78 Å². The van der Waals surface area contributed by atoms with Crippen LogP contribution >= 0.6 is 15.9 Å². The van der Waals surface area contributed by atoms with Crippen molar-refractivity contribution in [2.24, 2.45) is 0 Å². The van der Waals surface area contributed by atoms with Gasteiger partial charge in [-0.25, -0.2) is 13.8 Å². The quantitative estimate of drug-likeness (QED) is 0.823. The molecule has 13 heavy (non-hydrogen) atoms. The molecule has 0 saturated heterocycles. The molecule has 1 aromatic rings. The second-order valence-electron chi connectivity index (χ2n) is 2.26. The number of nitrogens with zero attached hydrogens (tertiary/aromatic N) is 1. The molecule has 0 aromatic carbocycles. The van der Waals surface area contributed by atoms with Gasteiger partial charge >= 0.3 is 0 Å². The normalized spacial score (nSPS) is 10.5. The lowest BCUT2D eigenvalue weighted by atomic mass is 10.2. The van der Waals surface area contributed by atoms with Crippen LogP contribution in [-0.4, -0.2) is 12.1 Å². The number of anilines is 1. The monoisotopic (exact) mass is 252 g/mol. The minimum atomic E-state index is -2.68. The highest BCUT2D eigenvalue weighted by Gasteiger charge is 2.19. The van der Waals surface area contributed by atoms with Crippen molar-refractivity contribution < 1.29 is 13.5 Å². The third-order valence-corrected chi connectivity index (χ3v) is 1.84. The van der Waals surface area contributed by atoms with Crippen molar-refractivity contribution >= 4 is 21.6 Å². The molecular formula is C7H7BrF2N2O. The molecule has 6 heteroatoms. The summed E-state index contributed by atoms with van der Waals surface area (Å²) in [6.07, 6.45) is -2.68. The summed E-state index contributed by atoms with van der Waals surface area (Å²) in [5, 5.41) is 0. The zero-order chi connectivity index (χ0) is 10.0. The molecule has 2 N–H and O–H groups in total. The summed E-state index contributed by atoms with van der Waals surface area (Å²) in [6.45, 7) is 0. The Bertz CT molecular complexity index is 320. The number of hydrogen-bond donors (Lipinski definition) is 1. The predicted octanol–water partition coefficient (Wildman–Crippen LogP) is 2.37. The number of nitrogen functional groups attached to an aromatic ring is 1. The first-order chi connectivity index (χ1) is 6.06. The fourth-order valence-corrected chi connectivity index (χ4v) is 1.30. The number of halogens is 3. The molecule has 0 bridgehead atoms. The van der Waals surface area contributed by atoms with E-state index in [1.54, 1.807) is 0 Å². The summed E-state index contributed by atoms with van der Waals surface area (Å²) in [5.41, 5.74) is 4.97. The third-order valence-electron chi connectivity index (χ3n) is 1.44. The van der Waals surface area contributed by atoms with E-state index in [-0.39, 0.29) is 17.1 Å². The molecule has 0 spiro atoms. The van der Waals surface area contributed by atoms with Crippen LogP contribution in [0.3, 0.4) is 0 Å². The van der Waals surface area contributed by atoms with Crippen LogP contribution in [0.4, 0.5) is 14.5 Å². The van der Waals surface area contributed by atoms with Crippen molar-refractivity contribution in [1.82, 2.24) is 4.98 Å². The van der Waals surface area contributed by atoms with Crippen LogP contribution in [0.5, 0.6) is 5.88 Å². The van der Waals surface area contributed by atoms with E-state index in [1.807, 2.05) is 0 Å². The lowest BCUT2D eigenvalue weighted by molar-refractivity contribution is 0.147. The van der Waals surface area contributed by atoms with Crippen molar-refractivity contribution in [1.29, 1.82) is 0 Å². The maximum Gasteiger partial charge on any atom is 0.271 e. The highest BCUT2D eigenvalue weighted by Crippen LogP contribution is 2.33. The van der Waals surface area contributed by atoms with Crippen LogP contribution in [0.2, 0.25) is 0 Å². The van der Waals surface area contributed by atoms with Gasteiger partial charge in [-0.15, -0.1) is 0 Å². The highest BCUT2D eigenvalue weighted by molar-refractivity contribution is 9.10. The van der Waals surface area contributed by atoms with E-state index in [2.05, 4.69) is 25.7 Å². The summed E-state index contributed by atoms with van der Waals surface area (Å²) < 4.78 is 29.8. The summed E-state index contributed by atoms with van der Waals surface area (Å²) in [4.78, 5) is 3.71. The number of nitrogens with two attached hydrogens (primary N) is 1. The van der Waals surface area contributed by atoms with Crippen LogP contribution in [0.25, 0.3) is 0 Å². The molecule has 1 aromatic heterocycles. The Morgan fingerprint density at radius 3 is 2.69 bits per heavy atom.